The predicted octanol–water partition coefficient (Wildman–Crippen LogP) is 1.50. The second-order valence-corrected chi connectivity index (χ2v) is 5.96. The van der Waals surface area contributed by atoms with Crippen LogP contribution in [-0.2, 0) is 9.59 Å². The minimum atomic E-state index is -0.0808. The molecule has 0 saturated carbocycles. The van der Waals surface area contributed by atoms with E-state index < -0.39 is 0 Å². The van der Waals surface area contributed by atoms with E-state index in [1.54, 1.807) is 0 Å². The van der Waals surface area contributed by atoms with Crippen molar-refractivity contribution in [2.24, 2.45) is 11.8 Å². The maximum absolute atomic E-state index is 12.2. The van der Waals surface area contributed by atoms with Crippen LogP contribution in [0.2, 0.25) is 0 Å². The van der Waals surface area contributed by atoms with E-state index in [9.17, 15) is 9.59 Å². The molecule has 2 aliphatic heterocycles. The number of amides is 2. The summed E-state index contributed by atoms with van der Waals surface area (Å²) in [6.45, 7) is 7.53. The van der Waals surface area contributed by atoms with Gasteiger partial charge in [0.2, 0.25) is 11.8 Å². The van der Waals surface area contributed by atoms with Gasteiger partial charge in [0, 0.05) is 32.6 Å². The van der Waals surface area contributed by atoms with Crippen molar-refractivity contribution in [1.82, 2.24) is 9.80 Å². The highest BCUT2D eigenvalue weighted by molar-refractivity contribution is 5.89. The number of nitrogens with zero attached hydrogens (tertiary/aromatic N) is 2. The molecule has 0 radical (unpaired) electrons. The fourth-order valence-corrected chi connectivity index (χ4v) is 2.76. The standard InChI is InChI=1S/C14H24N2O2/c1-11(2)5-8-16-10-12(9-13(16)17)14(18)15-6-3-4-7-15/h11-12H,3-10H2,1-2H3/t12-/m1/s1. The van der Waals surface area contributed by atoms with Crippen molar-refractivity contribution in [2.45, 2.75) is 39.5 Å². The van der Waals surface area contributed by atoms with Gasteiger partial charge in [0.1, 0.15) is 0 Å². The van der Waals surface area contributed by atoms with Gasteiger partial charge in [0.05, 0.1) is 5.92 Å². The molecule has 2 saturated heterocycles. The molecule has 2 rings (SSSR count). The van der Waals surface area contributed by atoms with E-state index in [2.05, 4.69) is 13.8 Å². The normalized spacial score (nSPS) is 24.4. The minimum Gasteiger partial charge on any atom is -0.342 e. The van der Waals surface area contributed by atoms with Crippen molar-refractivity contribution in [3.63, 3.8) is 0 Å². The second-order valence-electron chi connectivity index (χ2n) is 5.96. The van der Waals surface area contributed by atoms with E-state index >= 15 is 0 Å². The fraction of sp³-hybridized carbons (Fsp3) is 0.857. The first-order valence-corrected chi connectivity index (χ1v) is 7.14. The molecule has 18 heavy (non-hydrogen) atoms. The first-order valence-electron chi connectivity index (χ1n) is 7.14. The van der Waals surface area contributed by atoms with Crippen molar-refractivity contribution >= 4 is 11.8 Å². The smallest absolute Gasteiger partial charge is 0.227 e. The fourth-order valence-electron chi connectivity index (χ4n) is 2.76. The average molecular weight is 252 g/mol. The van der Waals surface area contributed by atoms with Crippen molar-refractivity contribution in [1.29, 1.82) is 0 Å². The van der Waals surface area contributed by atoms with E-state index in [0.29, 0.717) is 18.9 Å². The van der Waals surface area contributed by atoms with Gasteiger partial charge in [-0.05, 0) is 25.2 Å². The van der Waals surface area contributed by atoms with Crippen molar-refractivity contribution in [3.05, 3.63) is 0 Å². The third-order valence-electron chi connectivity index (χ3n) is 3.96. The van der Waals surface area contributed by atoms with Gasteiger partial charge in [-0.1, -0.05) is 13.8 Å². The van der Waals surface area contributed by atoms with Crippen LogP contribution >= 0.6 is 0 Å². The van der Waals surface area contributed by atoms with Gasteiger partial charge in [0.25, 0.3) is 0 Å². The molecule has 2 amide bonds. The summed E-state index contributed by atoms with van der Waals surface area (Å²) in [5, 5.41) is 0. The van der Waals surface area contributed by atoms with E-state index in [1.165, 1.54) is 0 Å². The Kier molecular flexibility index (Phi) is 4.25. The summed E-state index contributed by atoms with van der Waals surface area (Å²) < 4.78 is 0. The van der Waals surface area contributed by atoms with Crippen LogP contribution in [0.1, 0.15) is 39.5 Å². The van der Waals surface area contributed by atoms with Crippen LogP contribution < -0.4 is 0 Å². The van der Waals surface area contributed by atoms with E-state index in [4.69, 9.17) is 0 Å². The van der Waals surface area contributed by atoms with Crippen molar-refractivity contribution in [3.8, 4) is 0 Å². The highest BCUT2D eigenvalue weighted by Gasteiger charge is 2.36. The highest BCUT2D eigenvalue weighted by atomic mass is 16.2. The molecule has 4 nitrogen and oxygen atoms in total. The first-order chi connectivity index (χ1) is 8.58. The maximum Gasteiger partial charge on any atom is 0.227 e. The Balaban J connectivity index is 1.85. The van der Waals surface area contributed by atoms with Gasteiger partial charge in [-0.3, -0.25) is 9.59 Å². The third-order valence-corrected chi connectivity index (χ3v) is 3.96. The lowest BCUT2D eigenvalue weighted by Gasteiger charge is -2.20. The number of likely N-dealkylation sites (tertiary alicyclic amines) is 2. The molecule has 0 aliphatic carbocycles. The van der Waals surface area contributed by atoms with Crippen molar-refractivity contribution in [2.75, 3.05) is 26.2 Å². The molecular formula is C14H24N2O2. The molecule has 0 aromatic carbocycles. The summed E-state index contributed by atoms with van der Waals surface area (Å²) in [6, 6.07) is 0. The van der Waals surface area contributed by atoms with Crippen LogP contribution in [0.5, 0.6) is 0 Å². The summed E-state index contributed by atoms with van der Waals surface area (Å²) in [6.07, 6.45) is 3.68. The van der Waals surface area contributed by atoms with Crippen LogP contribution in [0.3, 0.4) is 0 Å². The Hall–Kier alpha value is -1.06. The van der Waals surface area contributed by atoms with Gasteiger partial charge in [0.15, 0.2) is 0 Å². The Bertz CT molecular complexity index is 322. The van der Waals surface area contributed by atoms with Crippen molar-refractivity contribution < 1.29 is 9.59 Å². The van der Waals surface area contributed by atoms with E-state index in [-0.39, 0.29) is 17.7 Å². The lowest BCUT2D eigenvalue weighted by atomic mass is 10.1. The summed E-state index contributed by atoms with van der Waals surface area (Å²) in [7, 11) is 0. The van der Waals surface area contributed by atoms with Gasteiger partial charge in [-0.15, -0.1) is 0 Å². The summed E-state index contributed by atoms with van der Waals surface area (Å²) >= 11 is 0. The maximum atomic E-state index is 12.2. The molecule has 2 heterocycles. The van der Waals surface area contributed by atoms with Gasteiger partial charge in [-0.25, -0.2) is 0 Å². The Morgan fingerprint density at radius 1 is 1.33 bits per heavy atom. The van der Waals surface area contributed by atoms with Gasteiger partial charge < -0.3 is 9.80 Å². The minimum absolute atomic E-state index is 0.0808. The summed E-state index contributed by atoms with van der Waals surface area (Å²) in [5.74, 6) is 0.884. The van der Waals surface area contributed by atoms with E-state index in [1.807, 2.05) is 9.80 Å². The van der Waals surface area contributed by atoms with E-state index in [0.717, 1.165) is 38.9 Å². The van der Waals surface area contributed by atoms with Crippen LogP contribution in [0.4, 0.5) is 0 Å². The molecule has 0 aromatic heterocycles. The largest absolute Gasteiger partial charge is 0.342 e. The third kappa shape index (κ3) is 3.03. The number of rotatable bonds is 4. The molecule has 0 aromatic rings. The Labute approximate surface area is 109 Å². The SMILES string of the molecule is CC(C)CCN1C[C@H](C(=O)N2CCCC2)CC1=O. The average Bonchev–Trinajstić information content (AvgIpc) is 2.94. The lowest BCUT2D eigenvalue weighted by molar-refractivity contribution is -0.134. The zero-order chi connectivity index (χ0) is 13.1. The predicted molar refractivity (Wildman–Crippen MR) is 70.0 cm³/mol. The summed E-state index contributed by atoms with van der Waals surface area (Å²) in [5.41, 5.74) is 0. The monoisotopic (exact) mass is 252 g/mol. The molecule has 0 spiro atoms. The second kappa shape index (κ2) is 5.72. The molecule has 102 valence electrons. The quantitative estimate of drug-likeness (QED) is 0.761. The zero-order valence-corrected chi connectivity index (χ0v) is 11.5. The van der Waals surface area contributed by atoms with Crippen LogP contribution in [0.25, 0.3) is 0 Å². The number of hydrogen-bond acceptors (Lipinski definition) is 2. The van der Waals surface area contributed by atoms with Crippen LogP contribution in [0, 0.1) is 11.8 Å². The molecule has 0 N–H and O–H groups in total. The number of carbonyl (C=O) groups excluding carboxylic acids is 2. The molecule has 0 bridgehead atoms. The number of hydrogen-bond donors (Lipinski definition) is 0. The molecule has 2 aliphatic rings. The molecule has 2 fully saturated rings. The molecular weight excluding hydrogens is 228 g/mol. The molecule has 1 atom stereocenters. The lowest BCUT2D eigenvalue weighted by Crippen LogP contribution is -2.35. The van der Waals surface area contributed by atoms with Crippen LogP contribution in [-0.4, -0.2) is 47.8 Å². The Morgan fingerprint density at radius 3 is 2.61 bits per heavy atom. The first kappa shape index (κ1) is 13.4. The topological polar surface area (TPSA) is 40.6 Å². The molecule has 4 heteroatoms. The highest BCUT2D eigenvalue weighted by Crippen LogP contribution is 2.22. The van der Waals surface area contributed by atoms with Crippen LogP contribution in [0.15, 0.2) is 0 Å². The summed E-state index contributed by atoms with van der Waals surface area (Å²) in [4.78, 5) is 27.9. The molecule has 0 unspecified atom stereocenters. The Morgan fingerprint density at radius 2 is 2.00 bits per heavy atom. The number of carbonyl (C=O) groups is 2. The van der Waals surface area contributed by atoms with Gasteiger partial charge in [-0.2, -0.15) is 0 Å². The van der Waals surface area contributed by atoms with Gasteiger partial charge >= 0.3 is 0 Å². The zero-order valence-electron chi connectivity index (χ0n) is 11.5.